The number of nitrogens with one attached hydrogen (secondary N) is 1. The number of nitrogen functional groups attached to an aromatic ring is 1. The van der Waals surface area contributed by atoms with Gasteiger partial charge in [0.05, 0.1) is 5.56 Å². The third kappa shape index (κ3) is 4.87. The Morgan fingerprint density at radius 3 is 2.68 bits per heavy atom. The summed E-state index contributed by atoms with van der Waals surface area (Å²) in [6.45, 7) is 7.56. The molecule has 0 aliphatic rings. The zero-order valence-corrected chi connectivity index (χ0v) is 11.6. The molecule has 4 nitrogen and oxygen atoms in total. The molecule has 0 heterocycles. The van der Waals surface area contributed by atoms with Gasteiger partial charge in [-0.3, -0.25) is 4.79 Å². The fourth-order valence-electron chi connectivity index (χ4n) is 1.91. The van der Waals surface area contributed by atoms with Crippen molar-refractivity contribution in [3.8, 4) is 0 Å². The van der Waals surface area contributed by atoms with E-state index in [2.05, 4.69) is 24.1 Å². The Morgan fingerprint density at radius 1 is 1.37 bits per heavy atom. The lowest BCUT2D eigenvalue weighted by Crippen LogP contribution is -2.35. The van der Waals surface area contributed by atoms with Gasteiger partial charge in [0, 0.05) is 18.8 Å². The first-order chi connectivity index (χ1) is 9.08. The number of rotatable bonds is 7. The smallest absolute Gasteiger partial charge is 0.253 e. The number of benzene rings is 1. The first-order valence-electron chi connectivity index (χ1n) is 6.64. The molecule has 1 aromatic rings. The molecule has 0 aromatic heterocycles. The number of hydrogen-bond acceptors (Lipinski definition) is 3. The van der Waals surface area contributed by atoms with Gasteiger partial charge in [0.15, 0.2) is 0 Å². The standard InChI is InChI=1S/C14H22FN3O/c1-3-8-18(4-2)9-7-17-14(19)12-6-5-11(15)10-13(12)16/h5-6,10H,3-4,7-9,16H2,1-2H3,(H,17,19). The molecule has 19 heavy (non-hydrogen) atoms. The second-order valence-electron chi connectivity index (χ2n) is 4.42. The molecule has 0 aliphatic heterocycles. The van der Waals surface area contributed by atoms with Crippen molar-refractivity contribution in [2.45, 2.75) is 20.3 Å². The molecule has 3 N–H and O–H groups in total. The Balaban J connectivity index is 2.47. The average molecular weight is 267 g/mol. The molecule has 1 rings (SSSR count). The summed E-state index contributed by atoms with van der Waals surface area (Å²) < 4.78 is 12.9. The molecule has 0 saturated heterocycles. The van der Waals surface area contributed by atoms with Gasteiger partial charge in [-0.05, 0) is 37.7 Å². The summed E-state index contributed by atoms with van der Waals surface area (Å²) in [4.78, 5) is 14.1. The Morgan fingerprint density at radius 2 is 2.11 bits per heavy atom. The van der Waals surface area contributed by atoms with Crippen LogP contribution in [0.3, 0.4) is 0 Å². The third-order valence-electron chi connectivity index (χ3n) is 2.96. The lowest BCUT2D eigenvalue weighted by Gasteiger charge is -2.19. The van der Waals surface area contributed by atoms with E-state index in [1.807, 2.05) is 0 Å². The molecule has 1 aromatic carbocycles. The summed E-state index contributed by atoms with van der Waals surface area (Å²) in [5, 5.41) is 2.80. The Labute approximate surface area is 113 Å². The number of nitrogens with zero attached hydrogens (tertiary/aromatic N) is 1. The molecule has 0 aliphatic carbocycles. The predicted molar refractivity (Wildman–Crippen MR) is 75.6 cm³/mol. The van der Waals surface area contributed by atoms with Crippen molar-refractivity contribution in [1.82, 2.24) is 10.2 Å². The highest BCUT2D eigenvalue weighted by atomic mass is 19.1. The van der Waals surface area contributed by atoms with Crippen molar-refractivity contribution in [2.75, 3.05) is 31.9 Å². The summed E-state index contributed by atoms with van der Waals surface area (Å²) in [5.41, 5.74) is 6.10. The van der Waals surface area contributed by atoms with Crippen molar-refractivity contribution in [3.63, 3.8) is 0 Å². The van der Waals surface area contributed by atoms with Gasteiger partial charge in [-0.2, -0.15) is 0 Å². The molecule has 0 spiro atoms. The number of likely N-dealkylation sites (N-methyl/N-ethyl adjacent to an activating group) is 1. The fourth-order valence-corrected chi connectivity index (χ4v) is 1.91. The number of nitrogens with two attached hydrogens (primary N) is 1. The molecular formula is C14H22FN3O. The number of carbonyl (C=O) groups is 1. The maximum Gasteiger partial charge on any atom is 0.253 e. The first-order valence-corrected chi connectivity index (χ1v) is 6.64. The van der Waals surface area contributed by atoms with Crippen LogP contribution in [0.25, 0.3) is 0 Å². The van der Waals surface area contributed by atoms with E-state index in [1.165, 1.54) is 12.1 Å². The van der Waals surface area contributed by atoms with Crippen LogP contribution in [0.5, 0.6) is 0 Å². The molecule has 1 amide bonds. The van der Waals surface area contributed by atoms with Crippen LogP contribution >= 0.6 is 0 Å². The summed E-state index contributed by atoms with van der Waals surface area (Å²) >= 11 is 0. The Hall–Kier alpha value is -1.62. The molecule has 106 valence electrons. The molecule has 0 fully saturated rings. The van der Waals surface area contributed by atoms with Gasteiger partial charge >= 0.3 is 0 Å². The molecule has 0 unspecified atom stereocenters. The van der Waals surface area contributed by atoms with E-state index in [1.54, 1.807) is 0 Å². The normalized spacial score (nSPS) is 10.7. The molecule has 0 atom stereocenters. The fraction of sp³-hybridized carbons (Fsp3) is 0.500. The lowest BCUT2D eigenvalue weighted by molar-refractivity contribution is 0.0949. The zero-order chi connectivity index (χ0) is 14.3. The molecular weight excluding hydrogens is 245 g/mol. The number of amides is 1. The van der Waals surface area contributed by atoms with Crippen LogP contribution in [-0.4, -0.2) is 37.0 Å². The van der Waals surface area contributed by atoms with E-state index >= 15 is 0 Å². The second kappa shape index (κ2) is 7.74. The van der Waals surface area contributed by atoms with Crippen molar-refractivity contribution in [3.05, 3.63) is 29.6 Å². The van der Waals surface area contributed by atoms with Crippen LogP contribution in [0.15, 0.2) is 18.2 Å². The minimum atomic E-state index is -0.436. The minimum Gasteiger partial charge on any atom is -0.398 e. The summed E-state index contributed by atoms with van der Waals surface area (Å²) in [5.74, 6) is -0.695. The van der Waals surface area contributed by atoms with Crippen LogP contribution in [0, 0.1) is 5.82 Å². The second-order valence-corrected chi connectivity index (χ2v) is 4.42. The van der Waals surface area contributed by atoms with Gasteiger partial charge in [-0.1, -0.05) is 13.8 Å². The largest absolute Gasteiger partial charge is 0.398 e. The van der Waals surface area contributed by atoms with E-state index in [4.69, 9.17) is 5.73 Å². The third-order valence-corrected chi connectivity index (χ3v) is 2.96. The maximum absolute atomic E-state index is 12.9. The van der Waals surface area contributed by atoms with Gasteiger partial charge in [0.25, 0.3) is 5.91 Å². The van der Waals surface area contributed by atoms with Gasteiger partial charge in [0.2, 0.25) is 0 Å². The lowest BCUT2D eigenvalue weighted by atomic mass is 10.1. The summed E-state index contributed by atoms with van der Waals surface area (Å²) in [6.07, 6.45) is 1.09. The minimum absolute atomic E-state index is 0.165. The van der Waals surface area contributed by atoms with Crippen molar-refractivity contribution >= 4 is 11.6 Å². The van der Waals surface area contributed by atoms with Gasteiger partial charge < -0.3 is 16.0 Å². The maximum atomic E-state index is 12.9. The van der Waals surface area contributed by atoms with Gasteiger partial charge in [-0.15, -0.1) is 0 Å². The highest BCUT2D eigenvalue weighted by Gasteiger charge is 2.10. The number of halogens is 1. The SMILES string of the molecule is CCCN(CC)CCNC(=O)c1ccc(F)cc1N. The number of hydrogen-bond donors (Lipinski definition) is 2. The number of carbonyl (C=O) groups excluding carboxylic acids is 1. The van der Waals surface area contributed by atoms with Crippen molar-refractivity contribution in [2.24, 2.45) is 0 Å². The van der Waals surface area contributed by atoms with Crippen LogP contribution in [0.4, 0.5) is 10.1 Å². The highest BCUT2D eigenvalue weighted by molar-refractivity contribution is 5.99. The molecule has 5 heteroatoms. The first kappa shape index (κ1) is 15.4. The van der Waals surface area contributed by atoms with E-state index in [0.29, 0.717) is 12.1 Å². The molecule has 0 bridgehead atoms. The zero-order valence-electron chi connectivity index (χ0n) is 11.6. The summed E-state index contributed by atoms with van der Waals surface area (Å²) in [6, 6.07) is 3.80. The summed E-state index contributed by atoms with van der Waals surface area (Å²) in [7, 11) is 0. The quantitative estimate of drug-likeness (QED) is 0.741. The van der Waals surface area contributed by atoms with Crippen LogP contribution < -0.4 is 11.1 Å². The van der Waals surface area contributed by atoms with Crippen LogP contribution in [-0.2, 0) is 0 Å². The number of anilines is 1. The molecule has 0 saturated carbocycles. The van der Waals surface area contributed by atoms with Crippen molar-refractivity contribution in [1.29, 1.82) is 0 Å². The van der Waals surface area contributed by atoms with Gasteiger partial charge in [0.1, 0.15) is 5.82 Å². The van der Waals surface area contributed by atoms with Crippen LogP contribution in [0.2, 0.25) is 0 Å². The van der Waals surface area contributed by atoms with Crippen LogP contribution in [0.1, 0.15) is 30.6 Å². The van der Waals surface area contributed by atoms with E-state index < -0.39 is 5.82 Å². The highest BCUT2D eigenvalue weighted by Crippen LogP contribution is 2.12. The Bertz CT molecular complexity index is 423. The van der Waals surface area contributed by atoms with E-state index in [0.717, 1.165) is 32.1 Å². The van der Waals surface area contributed by atoms with E-state index in [9.17, 15) is 9.18 Å². The van der Waals surface area contributed by atoms with E-state index in [-0.39, 0.29) is 11.6 Å². The topological polar surface area (TPSA) is 58.4 Å². The van der Waals surface area contributed by atoms with Crippen molar-refractivity contribution < 1.29 is 9.18 Å². The molecule has 0 radical (unpaired) electrons. The predicted octanol–water partition coefficient (Wildman–Crippen LogP) is 1.87. The van der Waals surface area contributed by atoms with Gasteiger partial charge in [-0.25, -0.2) is 4.39 Å². The monoisotopic (exact) mass is 267 g/mol. The average Bonchev–Trinajstić information content (AvgIpc) is 2.37. The Kier molecular flexibility index (Phi) is 6.29.